The van der Waals surface area contributed by atoms with Crippen molar-refractivity contribution in [1.82, 2.24) is 4.90 Å². The van der Waals surface area contributed by atoms with Crippen molar-refractivity contribution >= 4 is 23.4 Å². The third-order valence-electron chi connectivity index (χ3n) is 4.40. The molecule has 2 aromatic rings. The van der Waals surface area contributed by atoms with Gasteiger partial charge in [-0.1, -0.05) is 12.1 Å². The van der Waals surface area contributed by atoms with Crippen LogP contribution in [0.15, 0.2) is 48.5 Å². The fourth-order valence-electron chi connectivity index (χ4n) is 2.95. The molecule has 0 N–H and O–H groups in total. The van der Waals surface area contributed by atoms with Crippen molar-refractivity contribution in [3.05, 3.63) is 65.5 Å². The molecule has 0 aromatic heterocycles. The van der Waals surface area contributed by atoms with E-state index < -0.39 is 0 Å². The Kier molecular flexibility index (Phi) is 5.11. The number of halogens is 1. The SMILES string of the molecule is CCN(C(=O)c1ccc(CN2C(=O)CCC2=O)cc1)c1ccc(F)cc1. The Morgan fingerprint density at radius 2 is 1.58 bits per heavy atom. The highest BCUT2D eigenvalue weighted by molar-refractivity contribution is 6.06. The van der Waals surface area contributed by atoms with E-state index in [1.807, 2.05) is 6.92 Å². The first-order valence-electron chi connectivity index (χ1n) is 8.49. The Hall–Kier alpha value is -3.02. The Morgan fingerprint density at radius 1 is 1.00 bits per heavy atom. The molecule has 1 saturated heterocycles. The number of benzene rings is 2. The third-order valence-corrected chi connectivity index (χ3v) is 4.40. The largest absolute Gasteiger partial charge is 0.309 e. The van der Waals surface area contributed by atoms with Crippen molar-refractivity contribution in [2.45, 2.75) is 26.3 Å². The Bertz CT molecular complexity index is 815. The maximum atomic E-state index is 13.1. The molecule has 6 heteroatoms. The van der Waals surface area contributed by atoms with Gasteiger partial charge in [0, 0.05) is 30.6 Å². The summed E-state index contributed by atoms with van der Waals surface area (Å²) in [5, 5.41) is 0. The van der Waals surface area contributed by atoms with Crippen molar-refractivity contribution in [2.24, 2.45) is 0 Å². The van der Waals surface area contributed by atoms with Crippen molar-refractivity contribution in [3.8, 4) is 0 Å². The molecule has 1 aliphatic heterocycles. The summed E-state index contributed by atoms with van der Waals surface area (Å²) in [7, 11) is 0. The van der Waals surface area contributed by atoms with Crippen LogP contribution in [0.4, 0.5) is 10.1 Å². The zero-order chi connectivity index (χ0) is 18.7. The maximum Gasteiger partial charge on any atom is 0.258 e. The highest BCUT2D eigenvalue weighted by Gasteiger charge is 2.28. The van der Waals surface area contributed by atoms with Crippen molar-refractivity contribution in [3.63, 3.8) is 0 Å². The number of carbonyl (C=O) groups is 3. The molecule has 1 heterocycles. The van der Waals surface area contributed by atoms with Gasteiger partial charge in [-0.25, -0.2) is 4.39 Å². The normalized spacial score (nSPS) is 14.0. The number of amides is 3. The maximum absolute atomic E-state index is 13.1. The standard InChI is InChI=1S/C20H19FN2O3/c1-2-22(17-9-7-16(21)8-10-17)20(26)15-5-3-14(4-6-15)13-23-18(24)11-12-19(23)25/h3-10H,2,11-13H2,1H3. The van der Waals surface area contributed by atoms with E-state index in [-0.39, 0.29) is 42.9 Å². The van der Waals surface area contributed by atoms with Crippen LogP contribution in [0.3, 0.4) is 0 Å². The van der Waals surface area contributed by atoms with Crippen molar-refractivity contribution in [2.75, 3.05) is 11.4 Å². The molecule has 0 aliphatic carbocycles. The molecule has 0 saturated carbocycles. The van der Waals surface area contributed by atoms with Gasteiger partial charge >= 0.3 is 0 Å². The first-order chi connectivity index (χ1) is 12.5. The zero-order valence-electron chi connectivity index (χ0n) is 14.4. The lowest BCUT2D eigenvalue weighted by molar-refractivity contribution is -0.139. The van der Waals surface area contributed by atoms with Gasteiger partial charge in [0.15, 0.2) is 0 Å². The second-order valence-corrected chi connectivity index (χ2v) is 6.10. The minimum atomic E-state index is -0.354. The highest BCUT2D eigenvalue weighted by Crippen LogP contribution is 2.20. The minimum Gasteiger partial charge on any atom is -0.309 e. The fourth-order valence-corrected chi connectivity index (χ4v) is 2.95. The van der Waals surface area contributed by atoms with Crippen molar-refractivity contribution < 1.29 is 18.8 Å². The van der Waals surface area contributed by atoms with Gasteiger partial charge in [-0.3, -0.25) is 19.3 Å². The first-order valence-corrected chi connectivity index (χ1v) is 8.49. The summed E-state index contributed by atoms with van der Waals surface area (Å²) in [4.78, 5) is 38.9. The summed E-state index contributed by atoms with van der Waals surface area (Å²) in [5.41, 5.74) is 1.89. The number of likely N-dealkylation sites (tertiary alicyclic amines) is 1. The van der Waals surface area contributed by atoms with Gasteiger partial charge in [0.1, 0.15) is 5.82 Å². The average molecular weight is 354 g/mol. The number of carbonyl (C=O) groups excluding carboxylic acids is 3. The molecule has 2 aromatic carbocycles. The number of hydrogen-bond acceptors (Lipinski definition) is 3. The van der Waals surface area contributed by atoms with E-state index in [4.69, 9.17) is 0 Å². The van der Waals surface area contributed by atoms with Gasteiger partial charge in [0.2, 0.25) is 11.8 Å². The lowest BCUT2D eigenvalue weighted by Crippen LogP contribution is -2.30. The van der Waals surface area contributed by atoms with Crippen LogP contribution in [0, 0.1) is 5.82 Å². The summed E-state index contributed by atoms with van der Waals surface area (Å²) in [6, 6.07) is 12.6. The number of hydrogen-bond donors (Lipinski definition) is 0. The average Bonchev–Trinajstić information content (AvgIpc) is 2.96. The molecule has 134 valence electrons. The Labute approximate surface area is 151 Å². The number of rotatable bonds is 5. The topological polar surface area (TPSA) is 57.7 Å². The second kappa shape index (κ2) is 7.47. The first kappa shape index (κ1) is 17.8. The smallest absolute Gasteiger partial charge is 0.258 e. The van der Waals surface area contributed by atoms with E-state index in [1.54, 1.807) is 41.3 Å². The summed E-state index contributed by atoms with van der Waals surface area (Å²) >= 11 is 0. The molecule has 1 aliphatic rings. The molecule has 3 rings (SSSR count). The summed E-state index contributed by atoms with van der Waals surface area (Å²) in [6.45, 7) is 2.52. The number of anilines is 1. The molecule has 0 radical (unpaired) electrons. The van der Waals surface area contributed by atoms with Crippen molar-refractivity contribution in [1.29, 1.82) is 0 Å². The van der Waals surface area contributed by atoms with E-state index in [9.17, 15) is 18.8 Å². The lowest BCUT2D eigenvalue weighted by Gasteiger charge is -2.21. The predicted octanol–water partition coefficient (Wildman–Crippen LogP) is 3.14. The van der Waals surface area contributed by atoms with Crippen LogP contribution >= 0.6 is 0 Å². The lowest BCUT2D eigenvalue weighted by atomic mass is 10.1. The number of nitrogens with zero attached hydrogens (tertiary/aromatic N) is 2. The van der Waals surface area contributed by atoms with Gasteiger partial charge in [0.05, 0.1) is 6.54 Å². The van der Waals surface area contributed by atoms with E-state index in [0.29, 0.717) is 17.8 Å². The molecule has 3 amide bonds. The summed E-state index contributed by atoms with van der Waals surface area (Å²) in [5.74, 6) is -0.876. The molecular formula is C20H19FN2O3. The van der Waals surface area contributed by atoms with Crippen LogP contribution in [-0.4, -0.2) is 29.2 Å². The summed E-state index contributed by atoms with van der Waals surface area (Å²) in [6.07, 6.45) is 0.525. The monoisotopic (exact) mass is 354 g/mol. The zero-order valence-corrected chi connectivity index (χ0v) is 14.4. The summed E-state index contributed by atoms with van der Waals surface area (Å²) < 4.78 is 13.1. The van der Waals surface area contributed by atoms with Gasteiger partial charge < -0.3 is 4.90 Å². The quantitative estimate of drug-likeness (QED) is 0.775. The molecule has 26 heavy (non-hydrogen) atoms. The number of imide groups is 1. The van der Waals surface area contributed by atoms with Crippen LogP contribution < -0.4 is 4.90 Å². The van der Waals surface area contributed by atoms with Gasteiger partial charge in [-0.2, -0.15) is 0 Å². The Morgan fingerprint density at radius 3 is 2.12 bits per heavy atom. The van der Waals surface area contributed by atoms with Crippen LogP contribution in [-0.2, 0) is 16.1 Å². The molecule has 5 nitrogen and oxygen atoms in total. The fraction of sp³-hybridized carbons (Fsp3) is 0.250. The Balaban J connectivity index is 1.74. The van der Waals surface area contributed by atoms with Gasteiger partial charge in [-0.05, 0) is 48.9 Å². The van der Waals surface area contributed by atoms with E-state index >= 15 is 0 Å². The van der Waals surface area contributed by atoms with Crippen LogP contribution in [0.2, 0.25) is 0 Å². The molecule has 0 bridgehead atoms. The molecule has 1 fully saturated rings. The second-order valence-electron chi connectivity index (χ2n) is 6.10. The highest BCUT2D eigenvalue weighted by atomic mass is 19.1. The third kappa shape index (κ3) is 3.64. The molecule has 0 atom stereocenters. The van der Waals surface area contributed by atoms with Crippen LogP contribution in [0.5, 0.6) is 0 Å². The van der Waals surface area contributed by atoms with Crippen LogP contribution in [0.1, 0.15) is 35.7 Å². The minimum absolute atomic E-state index is 0.163. The van der Waals surface area contributed by atoms with Crippen LogP contribution in [0.25, 0.3) is 0 Å². The molecule has 0 spiro atoms. The predicted molar refractivity (Wildman–Crippen MR) is 95.0 cm³/mol. The van der Waals surface area contributed by atoms with E-state index in [0.717, 1.165) is 5.56 Å². The molecular weight excluding hydrogens is 335 g/mol. The van der Waals surface area contributed by atoms with E-state index in [1.165, 1.54) is 17.0 Å². The van der Waals surface area contributed by atoms with Gasteiger partial charge in [0.25, 0.3) is 5.91 Å². The van der Waals surface area contributed by atoms with E-state index in [2.05, 4.69) is 0 Å². The van der Waals surface area contributed by atoms with Gasteiger partial charge in [-0.15, -0.1) is 0 Å². The molecule has 0 unspecified atom stereocenters.